The lowest BCUT2D eigenvalue weighted by molar-refractivity contribution is 0.415. The highest BCUT2D eigenvalue weighted by molar-refractivity contribution is 7.99. The van der Waals surface area contributed by atoms with E-state index < -0.39 is 5.54 Å². The topological polar surface area (TPSA) is 45.0 Å². The van der Waals surface area contributed by atoms with Crippen molar-refractivity contribution >= 4 is 17.4 Å². The van der Waals surface area contributed by atoms with Gasteiger partial charge in [-0.3, -0.25) is 0 Å². The Morgan fingerprint density at radius 3 is 2.67 bits per heavy atom. The zero-order chi connectivity index (χ0) is 14.7. The fraction of sp³-hybridized carbons (Fsp3) is 0.235. The minimum absolute atomic E-state index is 0.656. The molecule has 3 rings (SSSR count). The summed E-state index contributed by atoms with van der Waals surface area (Å²) < 4.78 is 5.17. The van der Waals surface area contributed by atoms with Crippen molar-refractivity contribution in [3.63, 3.8) is 0 Å². The number of fused-ring (bicyclic) bond motifs is 1. The van der Waals surface area contributed by atoms with Gasteiger partial charge in [0.1, 0.15) is 5.75 Å². The smallest absolute Gasteiger partial charge is 0.152 e. The van der Waals surface area contributed by atoms with E-state index in [1.54, 1.807) is 7.11 Å². The molecule has 0 aromatic heterocycles. The number of hydrogen-bond donors (Lipinski definition) is 1. The number of benzene rings is 2. The van der Waals surface area contributed by atoms with Gasteiger partial charge in [0.05, 0.1) is 13.2 Å². The van der Waals surface area contributed by atoms with Crippen LogP contribution in [0.1, 0.15) is 12.0 Å². The van der Waals surface area contributed by atoms with E-state index in [2.05, 4.69) is 17.5 Å². The van der Waals surface area contributed by atoms with E-state index in [-0.39, 0.29) is 0 Å². The van der Waals surface area contributed by atoms with E-state index in [1.165, 1.54) is 4.90 Å². The normalized spacial score (nSPS) is 20.2. The van der Waals surface area contributed by atoms with Crippen LogP contribution in [0.4, 0.5) is 5.69 Å². The van der Waals surface area contributed by atoms with Crippen molar-refractivity contribution in [2.45, 2.75) is 16.9 Å². The fourth-order valence-corrected chi connectivity index (χ4v) is 3.79. The number of ether oxygens (including phenoxy) is 1. The van der Waals surface area contributed by atoms with Gasteiger partial charge < -0.3 is 10.1 Å². The first-order chi connectivity index (χ1) is 10.3. The molecule has 1 heterocycles. The summed E-state index contributed by atoms with van der Waals surface area (Å²) in [6.07, 6.45) is 0.789. The van der Waals surface area contributed by atoms with Crippen LogP contribution in [0.2, 0.25) is 0 Å². The molecule has 0 aliphatic carbocycles. The molecular weight excluding hydrogens is 280 g/mol. The first-order valence-electron chi connectivity index (χ1n) is 6.83. The van der Waals surface area contributed by atoms with E-state index in [4.69, 9.17) is 4.74 Å². The maximum absolute atomic E-state index is 9.80. The number of nitrogens with one attached hydrogen (secondary N) is 1. The number of anilines is 1. The average molecular weight is 296 g/mol. The van der Waals surface area contributed by atoms with E-state index in [0.717, 1.165) is 29.2 Å². The van der Waals surface area contributed by atoms with E-state index in [0.29, 0.717) is 0 Å². The SMILES string of the molecule is COc1ccc(NC2(C#N)CCSc3ccccc32)cc1. The van der Waals surface area contributed by atoms with Gasteiger partial charge in [-0.25, -0.2) is 0 Å². The van der Waals surface area contributed by atoms with Crippen molar-refractivity contribution in [2.75, 3.05) is 18.2 Å². The van der Waals surface area contributed by atoms with Crippen LogP contribution in [-0.4, -0.2) is 12.9 Å². The lowest BCUT2D eigenvalue weighted by Gasteiger charge is -2.34. The Morgan fingerprint density at radius 1 is 1.19 bits per heavy atom. The Bertz CT molecular complexity index is 678. The number of hydrogen-bond acceptors (Lipinski definition) is 4. The molecule has 2 aromatic rings. The summed E-state index contributed by atoms with van der Waals surface area (Å²) in [5.74, 6) is 1.75. The summed E-state index contributed by atoms with van der Waals surface area (Å²) in [6.45, 7) is 0. The van der Waals surface area contributed by atoms with Crippen LogP contribution in [0.3, 0.4) is 0 Å². The quantitative estimate of drug-likeness (QED) is 0.929. The zero-order valence-electron chi connectivity index (χ0n) is 11.8. The molecule has 3 nitrogen and oxygen atoms in total. The van der Waals surface area contributed by atoms with Crippen molar-refractivity contribution < 1.29 is 4.74 Å². The number of nitrogens with zero attached hydrogens (tertiary/aromatic N) is 1. The largest absolute Gasteiger partial charge is 0.497 e. The number of rotatable bonds is 3. The lowest BCUT2D eigenvalue weighted by atomic mass is 9.87. The molecule has 0 saturated heterocycles. The minimum Gasteiger partial charge on any atom is -0.497 e. The summed E-state index contributed by atoms with van der Waals surface area (Å²) in [7, 11) is 1.65. The average Bonchev–Trinajstić information content (AvgIpc) is 2.56. The maximum atomic E-state index is 9.80. The second-order valence-electron chi connectivity index (χ2n) is 4.97. The number of methoxy groups -OCH3 is 1. The van der Waals surface area contributed by atoms with Gasteiger partial charge >= 0.3 is 0 Å². The molecule has 0 saturated carbocycles. The highest BCUT2D eigenvalue weighted by Gasteiger charge is 2.37. The van der Waals surface area contributed by atoms with Gasteiger partial charge in [0, 0.05) is 21.9 Å². The molecule has 1 unspecified atom stereocenters. The highest BCUT2D eigenvalue weighted by Crippen LogP contribution is 2.41. The highest BCUT2D eigenvalue weighted by atomic mass is 32.2. The van der Waals surface area contributed by atoms with Crippen molar-refractivity contribution in [1.29, 1.82) is 5.26 Å². The van der Waals surface area contributed by atoms with Crippen LogP contribution >= 0.6 is 11.8 Å². The molecule has 1 aliphatic rings. The van der Waals surface area contributed by atoms with Crippen LogP contribution in [-0.2, 0) is 5.54 Å². The molecule has 106 valence electrons. The Labute approximate surface area is 128 Å². The van der Waals surface area contributed by atoms with Crippen LogP contribution < -0.4 is 10.1 Å². The second-order valence-corrected chi connectivity index (χ2v) is 6.10. The molecule has 1 N–H and O–H groups in total. The zero-order valence-corrected chi connectivity index (χ0v) is 12.6. The number of thioether (sulfide) groups is 1. The molecule has 0 bridgehead atoms. The molecule has 4 heteroatoms. The monoisotopic (exact) mass is 296 g/mol. The first kappa shape index (κ1) is 13.8. The maximum Gasteiger partial charge on any atom is 0.152 e. The molecule has 0 radical (unpaired) electrons. The van der Waals surface area contributed by atoms with Crippen molar-refractivity contribution in [2.24, 2.45) is 0 Å². The Morgan fingerprint density at radius 2 is 1.95 bits per heavy atom. The fourth-order valence-electron chi connectivity index (χ4n) is 2.59. The van der Waals surface area contributed by atoms with Gasteiger partial charge in [-0.2, -0.15) is 5.26 Å². The third-order valence-electron chi connectivity index (χ3n) is 3.72. The summed E-state index contributed by atoms with van der Waals surface area (Å²) in [5, 5.41) is 13.2. The van der Waals surface area contributed by atoms with Crippen LogP contribution in [0, 0.1) is 11.3 Å². The minimum atomic E-state index is -0.656. The van der Waals surface area contributed by atoms with Gasteiger partial charge in [-0.15, -0.1) is 11.8 Å². The summed E-state index contributed by atoms with van der Waals surface area (Å²) >= 11 is 1.81. The number of nitriles is 1. The molecule has 2 aromatic carbocycles. The molecule has 1 atom stereocenters. The Hall–Kier alpha value is -2.12. The predicted molar refractivity (Wildman–Crippen MR) is 85.7 cm³/mol. The summed E-state index contributed by atoms with van der Waals surface area (Å²) in [6, 6.07) is 18.3. The van der Waals surface area contributed by atoms with Crippen molar-refractivity contribution in [1.82, 2.24) is 0 Å². The Balaban J connectivity index is 1.96. The molecule has 0 spiro atoms. The van der Waals surface area contributed by atoms with E-state index in [9.17, 15) is 5.26 Å². The van der Waals surface area contributed by atoms with Crippen LogP contribution in [0.15, 0.2) is 53.4 Å². The third kappa shape index (κ3) is 2.57. The van der Waals surface area contributed by atoms with Gasteiger partial charge in [0.2, 0.25) is 0 Å². The van der Waals surface area contributed by atoms with Gasteiger partial charge in [-0.05, 0) is 36.8 Å². The van der Waals surface area contributed by atoms with Gasteiger partial charge in [0.25, 0.3) is 0 Å². The summed E-state index contributed by atoms with van der Waals surface area (Å²) in [4.78, 5) is 1.19. The standard InChI is InChI=1S/C17H16N2OS/c1-20-14-8-6-13(7-9-14)19-17(12-18)10-11-21-16-5-3-2-4-15(16)17/h2-9,19H,10-11H2,1H3. The van der Waals surface area contributed by atoms with Gasteiger partial charge in [0.15, 0.2) is 5.54 Å². The Kier molecular flexibility index (Phi) is 3.76. The van der Waals surface area contributed by atoms with Crippen molar-refractivity contribution in [3.05, 3.63) is 54.1 Å². The first-order valence-corrected chi connectivity index (χ1v) is 7.82. The molecule has 1 aliphatic heterocycles. The second kappa shape index (κ2) is 5.71. The molecule has 21 heavy (non-hydrogen) atoms. The predicted octanol–water partition coefficient (Wildman–Crippen LogP) is 4.02. The van der Waals surface area contributed by atoms with Gasteiger partial charge in [-0.1, -0.05) is 18.2 Å². The van der Waals surface area contributed by atoms with Crippen LogP contribution in [0.25, 0.3) is 0 Å². The molecular formula is C17H16N2OS. The van der Waals surface area contributed by atoms with E-state index >= 15 is 0 Å². The third-order valence-corrected chi connectivity index (χ3v) is 4.80. The molecule has 0 amide bonds. The van der Waals surface area contributed by atoms with Crippen LogP contribution in [0.5, 0.6) is 5.75 Å². The summed E-state index contributed by atoms with van der Waals surface area (Å²) in [5.41, 5.74) is 1.34. The lowest BCUT2D eigenvalue weighted by Crippen LogP contribution is -2.37. The van der Waals surface area contributed by atoms with E-state index in [1.807, 2.05) is 54.2 Å². The van der Waals surface area contributed by atoms with Crippen molar-refractivity contribution in [3.8, 4) is 11.8 Å². The molecule has 0 fully saturated rings.